The number of hydrogen-bond donors (Lipinski definition) is 7. The summed E-state index contributed by atoms with van der Waals surface area (Å²) in [6, 6.07) is 13.2. The summed E-state index contributed by atoms with van der Waals surface area (Å²) >= 11 is 0. The summed E-state index contributed by atoms with van der Waals surface area (Å²) in [5, 5.41) is 53.7. The number of phenols is 1. The number of amides is 2. The molecule has 0 radical (unpaired) electrons. The van der Waals surface area contributed by atoms with Gasteiger partial charge in [0, 0.05) is 31.1 Å². The zero-order valence-electron chi connectivity index (χ0n) is 22.0. The molecule has 5 atom stereocenters. The Balaban J connectivity index is 0.00000178. The van der Waals surface area contributed by atoms with Crippen molar-refractivity contribution in [2.24, 2.45) is 11.7 Å². The lowest BCUT2D eigenvalue weighted by Crippen LogP contribution is -2.56. The van der Waals surface area contributed by atoms with Gasteiger partial charge in [0.2, 0.25) is 18.1 Å². The van der Waals surface area contributed by atoms with Crippen LogP contribution in [0.15, 0.2) is 60.9 Å². The van der Waals surface area contributed by atoms with E-state index in [1.165, 1.54) is 12.1 Å². The average molecular weight is 557 g/mol. The van der Waals surface area contributed by atoms with Crippen molar-refractivity contribution in [2.75, 3.05) is 13.2 Å². The van der Waals surface area contributed by atoms with Gasteiger partial charge in [-0.05, 0) is 41.8 Å². The lowest BCUT2D eigenvalue weighted by molar-refractivity contribution is -0.308. The molecule has 1 saturated heterocycles. The van der Waals surface area contributed by atoms with E-state index < -0.39 is 35.8 Å². The van der Waals surface area contributed by atoms with Crippen LogP contribution in [0.5, 0.6) is 5.75 Å². The Morgan fingerprint density at radius 2 is 1.82 bits per heavy atom. The van der Waals surface area contributed by atoms with E-state index in [1.807, 2.05) is 0 Å². The Kier molecular flexibility index (Phi) is 12.6. The summed E-state index contributed by atoms with van der Waals surface area (Å²) < 4.78 is 11.9. The van der Waals surface area contributed by atoms with Gasteiger partial charge in [-0.25, -0.2) is 0 Å². The van der Waals surface area contributed by atoms with Crippen LogP contribution < -0.4 is 11.1 Å². The molecule has 40 heavy (non-hydrogen) atoms. The van der Waals surface area contributed by atoms with E-state index in [2.05, 4.69) is 23.5 Å². The SMILES string of the molecule is C#Cc1ccc(CC(=O)NCC(O)[C@@H](O)[C@@H]2O[C@@](OCc3ccc(O)cc3)(C(=C)O)CCC2CO)cc1.NC=O. The molecule has 11 nitrogen and oxygen atoms in total. The quantitative estimate of drug-likeness (QED) is 0.118. The average Bonchev–Trinajstić information content (AvgIpc) is 2.95. The van der Waals surface area contributed by atoms with Gasteiger partial charge in [0.15, 0.2) is 0 Å². The lowest BCUT2D eigenvalue weighted by Gasteiger charge is -2.45. The van der Waals surface area contributed by atoms with Gasteiger partial charge in [-0.1, -0.05) is 36.8 Å². The zero-order valence-corrected chi connectivity index (χ0v) is 22.0. The van der Waals surface area contributed by atoms with Crippen LogP contribution in [0, 0.1) is 18.3 Å². The number of aliphatic hydroxyl groups is 4. The molecule has 2 amide bonds. The number of rotatable bonds is 11. The van der Waals surface area contributed by atoms with Crippen LogP contribution >= 0.6 is 0 Å². The topological polar surface area (TPSA) is 192 Å². The third-order valence-electron chi connectivity index (χ3n) is 6.44. The lowest BCUT2D eigenvalue weighted by atomic mass is 9.85. The summed E-state index contributed by atoms with van der Waals surface area (Å²) in [4.78, 5) is 20.9. The second-order valence-electron chi connectivity index (χ2n) is 9.23. The summed E-state index contributed by atoms with van der Waals surface area (Å²) in [5.74, 6) is -0.421. The standard InChI is InChI=1S/C28H33NO8.CH3NO/c1-3-19-4-6-20(7-5-19)14-25(34)29-15-24(33)26(35)27-22(16-30)12-13-28(37-27,18(2)31)36-17-21-8-10-23(32)11-9-21;2-1-3/h1,4-11,22,24,26-27,30-33,35H,2,12-17H2,(H,29,34);1H,(H2,2,3)/t22?,24?,26-,27-,28-;/m1./s1. The van der Waals surface area contributed by atoms with Crippen molar-refractivity contribution < 1.29 is 44.6 Å². The molecule has 1 aliphatic heterocycles. The summed E-state index contributed by atoms with van der Waals surface area (Å²) in [5.41, 5.74) is 6.29. The molecule has 0 aromatic heterocycles. The summed E-state index contributed by atoms with van der Waals surface area (Å²) in [7, 11) is 0. The minimum Gasteiger partial charge on any atom is -0.508 e. The number of carbonyl (C=O) groups is 2. The van der Waals surface area contributed by atoms with Gasteiger partial charge in [0.25, 0.3) is 0 Å². The molecule has 0 aliphatic carbocycles. The van der Waals surface area contributed by atoms with Crippen LogP contribution in [0.2, 0.25) is 0 Å². The number of aliphatic hydroxyl groups excluding tert-OH is 4. The molecule has 8 N–H and O–H groups in total. The highest BCUT2D eigenvalue weighted by atomic mass is 16.7. The van der Waals surface area contributed by atoms with Crippen molar-refractivity contribution in [1.29, 1.82) is 0 Å². The number of terminal acetylenes is 1. The normalized spacial score (nSPS) is 21.6. The number of nitrogens with two attached hydrogens (primary N) is 1. The molecule has 1 fully saturated rings. The number of benzene rings is 2. The van der Waals surface area contributed by atoms with E-state index >= 15 is 0 Å². The fourth-order valence-corrected chi connectivity index (χ4v) is 4.18. The minimum atomic E-state index is -1.68. The van der Waals surface area contributed by atoms with Gasteiger partial charge >= 0.3 is 0 Å². The molecule has 0 bridgehead atoms. The van der Waals surface area contributed by atoms with Crippen LogP contribution in [-0.4, -0.2) is 75.1 Å². The van der Waals surface area contributed by atoms with E-state index in [9.17, 15) is 30.3 Å². The van der Waals surface area contributed by atoms with Gasteiger partial charge in [-0.2, -0.15) is 0 Å². The van der Waals surface area contributed by atoms with Gasteiger partial charge in [0.1, 0.15) is 17.6 Å². The predicted octanol–water partition coefficient (Wildman–Crippen LogP) is 0.628. The van der Waals surface area contributed by atoms with Crippen LogP contribution in [0.3, 0.4) is 0 Å². The molecule has 2 aromatic carbocycles. The summed E-state index contributed by atoms with van der Waals surface area (Å²) in [6.45, 7) is 2.98. The second kappa shape index (κ2) is 15.6. The van der Waals surface area contributed by atoms with E-state index in [0.29, 0.717) is 17.5 Å². The second-order valence-corrected chi connectivity index (χ2v) is 9.23. The fraction of sp³-hybridized carbons (Fsp3) is 0.379. The fourth-order valence-electron chi connectivity index (χ4n) is 4.18. The Morgan fingerprint density at radius 3 is 2.38 bits per heavy atom. The van der Waals surface area contributed by atoms with Crippen LogP contribution in [0.1, 0.15) is 29.5 Å². The van der Waals surface area contributed by atoms with Crippen LogP contribution in [0.25, 0.3) is 0 Å². The largest absolute Gasteiger partial charge is 0.508 e. The Labute approximate surface area is 232 Å². The first-order chi connectivity index (χ1) is 19.1. The number of aromatic hydroxyl groups is 1. The highest BCUT2D eigenvalue weighted by Crippen LogP contribution is 2.39. The van der Waals surface area contributed by atoms with E-state index in [0.717, 1.165) is 5.56 Å². The molecule has 2 unspecified atom stereocenters. The number of primary amides is 1. The Morgan fingerprint density at radius 1 is 1.23 bits per heavy atom. The molecule has 1 aliphatic rings. The highest BCUT2D eigenvalue weighted by Gasteiger charge is 2.48. The molecule has 11 heteroatoms. The van der Waals surface area contributed by atoms with Gasteiger partial charge in [-0.15, -0.1) is 6.42 Å². The van der Waals surface area contributed by atoms with E-state index in [-0.39, 0.29) is 50.7 Å². The first-order valence-corrected chi connectivity index (χ1v) is 12.5. The molecule has 0 saturated carbocycles. The summed E-state index contributed by atoms with van der Waals surface area (Å²) in [6.07, 6.45) is 2.05. The number of ether oxygens (including phenoxy) is 2. The monoisotopic (exact) mass is 556 g/mol. The van der Waals surface area contributed by atoms with Crippen molar-refractivity contribution in [1.82, 2.24) is 5.32 Å². The molecule has 1 heterocycles. The first kappa shape index (κ1) is 32.3. The first-order valence-electron chi connectivity index (χ1n) is 12.5. The number of hydrogen-bond acceptors (Lipinski definition) is 9. The maximum Gasteiger partial charge on any atom is 0.227 e. The molecule has 2 aromatic rings. The smallest absolute Gasteiger partial charge is 0.227 e. The minimum absolute atomic E-state index is 0.00734. The predicted molar refractivity (Wildman–Crippen MR) is 145 cm³/mol. The molecule has 0 spiro atoms. The molecular formula is C29H36N2O9. The van der Waals surface area contributed by atoms with Gasteiger partial charge in [-0.3, -0.25) is 9.59 Å². The maximum atomic E-state index is 12.3. The van der Waals surface area contributed by atoms with Crippen molar-refractivity contribution >= 4 is 12.3 Å². The number of carbonyl (C=O) groups excluding carboxylic acids is 2. The van der Waals surface area contributed by atoms with Crippen LogP contribution in [0.4, 0.5) is 0 Å². The molecule has 216 valence electrons. The Hall–Kier alpha value is -3.92. The van der Waals surface area contributed by atoms with Gasteiger partial charge in [0.05, 0.1) is 25.2 Å². The van der Waals surface area contributed by atoms with E-state index in [1.54, 1.807) is 36.4 Å². The number of nitrogens with one attached hydrogen (secondary N) is 1. The van der Waals surface area contributed by atoms with Crippen LogP contribution in [-0.2, 0) is 32.1 Å². The van der Waals surface area contributed by atoms with Gasteiger partial charge < -0.3 is 46.1 Å². The molecular weight excluding hydrogens is 520 g/mol. The van der Waals surface area contributed by atoms with Crippen molar-refractivity contribution in [3.63, 3.8) is 0 Å². The third-order valence-corrected chi connectivity index (χ3v) is 6.44. The van der Waals surface area contributed by atoms with Crippen molar-refractivity contribution in [3.05, 3.63) is 77.6 Å². The zero-order chi connectivity index (χ0) is 29.7. The van der Waals surface area contributed by atoms with Crippen molar-refractivity contribution in [2.45, 2.75) is 50.0 Å². The maximum absolute atomic E-state index is 12.3. The molecule has 3 rings (SSSR count). The number of phenolic OH excluding ortho intramolecular Hbond substituents is 1. The van der Waals surface area contributed by atoms with E-state index in [4.69, 9.17) is 20.7 Å². The third kappa shape index (κ3) is 9.08. The Bertz CT molecular complexity index is 1150. The highest BCUT2D eigenvalue weighted by molar-refractivity contribution is 5.78. The van der Waals surface area contributed by atoms with Crippen molar-refractivity contribution in [3.8, 4) is 18.1 Å².